The molecule has 0 aliphatic carbocycles. The average Bonchev–Trinajstić information content (AvgIpc) is 2.72. The number of ether oxygens (including phenoxy) is 4. The van der Waals surface area contributed by atoms with Gasteiger partial charge in [-0.2, -0.15) is 5.26 Å². The first-order valence-corrected chi connectivity index (χ1v) is 8.80. The van der Waals surface area contributed by atoms with Crippen LogP contribution in [0, 0.1) is 11.3 Å². The van der Waals surface area contributed by atoms with Gasteiger partial charge in [0.15, 0.2) is 18.1 Å². The molecule has 150 valence electrons. The Morgan fingerprint density at radius 2 is 1.83 bits per heavy atom. The predicted octanol–water partition coefficient (Wildman–Crippen LogP) is 4.07. The van der Waals surface area contributed by atoms with Crippen molar-refractivity contribution in [3.8, 4) is 23.3 Å². The number of halogens is 2. The Kier molecular flexibility index (Phi) is 7.89. The molecule has 0 atom stereocenters. The summed E-state index contributed by atoms with van der Waals surface area (Å²) in [6.07, 6.45) is 1.32. The third-order valence-corrected chi connectivity index (χ3v) is 4.03. The maximum absolute atomic E-state index is 12.1. The van der Waals surface area contributed by atoms with Crippen molar-refractivity contribution in [3.63, 3.8) is 0 Å². The zero-order valence-electron chi connectivity index (χ0n) is 15.4. The number of hydrogen-bond acceptors (Lipinski definition) is 7. The van der Waals surface area contributed by atoms with Crippen molar-refractivity contribution in [3.05, 3.63) is 57.6 Å². The summed E-state index contributed by atoms with van der Waals surface area (Å²) in [7, 11) is 2.56. The van der Waals surface area contributed by atoms with Crippen molar-refractivity contribution in [1.29, 1.82) is 5.26 Å². The van der Waals surface area contributed by atoms with Gasteiger partial charge in [0.05, 0.1) is 19.2 Å². The average molecular weight is 436 g/mol. The molecule has 2 aromatic rings. The Hall–Kier alpha value is -3.21. The smallest absolute Gasteiger partial charge is 0.349 e. The lowest BCUT2D eigenvalue weighted by Gasteiger charge is -2.11. The molecule has 0 aliphatic rings. The van der Waals surface area contributed by atoms with Gasteiger partial charge in [0, 0.05) is 11.1 Å². The molecule has 0 radical (unpaired) electrons. The Morgan fingerprint density at radius 1 is 1.07 bits per heavy atom. The van der Waals surface area contributed by atoms with E-state index in [1.54, 1.807) is 24.3 Å². The Morgan fingerprint density at radius 3 is 2.48 bits per heavy atom. The molecule has 0 heterocycles. The number of hydrogen-bond donors (Lipinski definition) is 0. The number of benzene rings is 2. The number of carbonyl (C=O) groups is 2. The zero-order chi connectivity index (χ0) is 21.4. The van der Waals surface area contributed by atoms with Gasteiger partial charge in [0.1, 0.15) is 17.4 Å². The highest BCUT2D eigenvalue weighted by Gasteiger charge is 2.14. The van der Waals surface area contributed by atoms with Crippen molar-refractivity contribution in [2.45, 2.75) is 0 Å². The van der Waals surface area contributed by atoms with Crippen molar-refractivity contribution in [2.24, 2.45) is 0 Å². The van der Waals surface area contributed by atoms with E-state index in [1.165, 1.54) is 38.5 Å². The van der Waals surface area contributed by atoms with Crippen molar-refractivity contribution in [1.82, 2.24) is 0 Å². The van der Waals surface area contributed by atoms with Crippen LogP contribution in [0.25, 0.3) is 6.08 Å². The third-order valence-electron chi connectivity index (χ3n) is 3.49. The normalized spacial score (nSPS) is 10.7. The molecule has 0 unspecified atom stereocenters. The Balaban J connectivity index is 2.11. The molecule has 2 aromatic carbocycles. The number of esters is 2. The number of methoxy groups -OCH3 is 2. The second-order valence-corrected chi connectivity index (χ2v) is 6.25. The maximum atomic E-state index is 12.1. The van der Waals surface area contributed by atoms with Crippen LogP contribution in [0.2, 0.25) is 10.0 Å². The lowest BCUT2D eigenvalue weighted by molar-refractivity contribution is -0.137. The molecule has 0 saturated carbocycles. The van der Waals surface area contributed by atoms with E-state index in [-0.39, 0.29) is 22.8 Å². The zero-order valence-corrected chi connectivity index (χ0v) is 16.9. The van der Waals surface area contributed by atoms with E-state index >= 15 is 0 Å². The largest absolute Gasteiger partial charge is 0.493 e. The highest BCUT2D eigenvalue weighted by Crippen LogP contribution is 2.30. The van der Waals surface area contributed by atoms with Crippen LogP contribution in [0.15, 0.2) is 42.0 Å². The summed E-state index contributed by atoms with van der Waals surface area (Å²) in [5.41, 5.74) is 0.289. The minimum atomic E-state index is -0.765. The Labute approximate surface area is 176 Å². The van der Waals surface area contributed by atoms with Crippen molar-refractivity contribution in [2.75, 3.05) is 20.8 Å². The summed E-state index contributed by atoms with van der Waals surface area (Å²) in [5.74, 6) is -0.869. The van der Waals surface area contributed by atoms with Crippen LogP contribution in [0.3, 0.4) is 0 Å². The van der Waals surface area contributed by atoms with Crippen LogP contribution in [-0.2, 0) is 14.3 Å². The first-order valence-electron chi connectivity index (χ1n) is 8.04. The van der Waals surface area contributed by atoms with Gasteiger partial charge < -0.3 is 18.9 Å². The van der Waals surface area contributed by atoms with Gasteiger partial charge in [-0.15, -0.1) is 0 Å². The standard InChI is InChI=1S/C20H15Cl2NO6/c1-26-18-8-12(7-13(10-23)20(25)27-2)3-6-16(18)29-19(24)11-28-17-9-14(21)4-5-15(17)22/h3-9H,11H2,1-2H3/b13-7+. The van der Waals surface area contributed by atoms with Gasteiger partial charge in [-0.25, -0.2) is 9.59 Å². The molecule has 0 bridgehead atoms. The Bertz CT molecular complexity index is 997. The van der Waals surface area contributed by atoms with Gasteiger partial charge >= 0.3 is 11.9 Å². The molecular weight excluding hydrogens is 421 g/mol. The second kappa shape index (κ2) is 10.4. The molecule has 0 saturated heterocycles. The van der Waals surface area contributed by atoms with E-state index in [0.717, 1.165) is 0 Å². The van der Waals surface area contributed by atoms with Crippen molar-refractivity contribution < 1.29 is 28.5 Å². The quantitative estimate of drug-likeness (QED) is 0.280. The molecule has 0 spiro atoms. The summed E-state index contributed by atoms with van der Waals surface area (Å²) in [6.45, 7) is -0.411. The number of nitriles is 1. The first-order chi connectivity index (χ1) is 13.9. The van der Waals surface area contributed by atoms with Crippen LogP contribution in [0.5, 0.6) is 17.2 Å². The van der Waals surface area contributed by atoms with Crippen LogP contribution >= 0.6 is 23.2 Å². The lowest BCUT2D eigenvalue weighted by Crippen LogP contribution is -2.18. The third kappa shape index (κ3) is 6.14. The van der Waals surface area contributed by atoms with Gasteiger partial charge in [-0.1, -0.05) is 29.3 Å². The first kappa shape index (κ1) is 22.1. The summed E-state index contributed by atoms with van der Waals surface area (Å²) < 4.78 is 20.3. The topological polar surface area (TPSA) is 94.9 Å². The molecule has 2 rings (SSSR count). The monoisotopic (exact) mass is 435 g/mol. The van der Waals surface area contributed by atoms with Gasteiger partial charge in [-0.3, -0.25) is 0 Å². The molecule has 29 heavy (non-hydrogen) atoms. The van der Waals surface area contributed by atoms with Gasteiger partial charge in [0.25, 0.3) is 0 Å². The minimum Gasteiger partial charge on any atom is -0.493 e. The summed E-state index contributed by atoms with van der Waals surface area (Å²) >= 11 is 11.8. The molecule has 0 fully saturated rings. The molecule has 0 aliphatic heterocycles. The van der Waals surface area contributed by atoms with E-state index in [0.29, 0.717) is 15.6 Å². The molecule has 9 heteroatoms. The van der Waals surface area contributed by atoms with Crippen LogP contribution < -0.4 is 14.2 Å². The molecule has 0 aromatic heterocycles. The SMILES string of the molecule is COC(=O)/C(C#N)=C/c1ccc(OC(=O)COc2cc(Cl)ccc2Cl)c(OC)c1. The predicted molar refractivity (Wildman–Crippen MR) is 106 cm³/mol. The second-order valence-electron chi connectivity index (χ2n) is 5.41. The lowest BCUT2D eigenvalue weighted by atomic mass is 10.1. The summed E-state index contributed by atoms with van der Waals surface area (Å²) in [5, 5.41) is 9.74. The summed E-state index contributed by atoms with van der Waals surface area (Å²) in [6, 6.07) is 10.9. The van der Waals surface area contributed by atoms with E-state index < -0.39 is 18.5 Å². The number of carbonyl (C=O) groups excluding carboxylic acids is 2. The van der Waals surface area contributed by atoms with E-state index in [1.807, 2.05) is 0 Å². The van der Waals surface area contributed by atoms with Crippen LogP contribution in [0.4, 0.5) is 0 Å². The maximum Gasteiger partial charge on any atom is 0.349 e. The van der Waals surface area contributed by atoms with Gasteiger partial charge in [0.2, 0.25) is 0 Å². The van der Waals surface area contributed by atoms with E-state index in [9.17, 15) is 9.59 Å². The van der Waals surface area contributed by atoms with E-state index in [2.05, 4.69) is 4.74 Å². The molecular formula is C20H15Cl2NO6. The molecule has 0 N–H and O–H groups in total. The van der Waals surface area contributed by atoms with Crippen LogP contribution in [0.1, 0.15) is 5.56 Å². The van der Waals surface area contributed by atoms with Gasteiger partial charge in [-0.05, 0) is 35.9 Å². The van der Waals surface area contributed by atoms with Crippen molar-refractivity contribution >= 4 is 41.2 Å². The number of nitrogens with zero attached hydrogens (tertiary/aromatic N) is 1. The minimum absolute atomic E-state index is 0.131. The highest BCUT2D eigenvalue weighted by atomic mass is 35.5. The van der Waals surface area contributed by atoms with E-state index in [4.69, 9.17) is 42.7 Å². The molecule has 0 amide bonds. The fraction of sp³-hybridized carbons (Fsp3) is 0.150. The highest BCUT2D eigenvalue weighted by molar-refractivity contribution is 6.34. The fourth-order valence-electron chi connectivity index (χ4n) is 2.15. The fourth-order valence-corrected chi connectivity index (χ4v) is 2.48. The molecule has 7 nitrogen and oxygen atoms in total. The van der Waals surface area contributed by atoms with Crippen LogP contribution in [-0.4, -0.2) is 32.8 Å². The number of rotatable bonds is 7. The summed E-state index contributed by atoms with van der Waals surface area (Å²) in [4.78, 5) is 23.6.